The van der Waals surface area contributed by atoms with Gasteiger partial charge in [-0.15, -0.1) is 0 Å². The smallest absolute Gasteiger partial charge is 0.271 e. The van der Waals surface area contributed by atoms with Gasteiger partial charge in [-0.25, -0.2) is 0 Å². The average Bonchev–Trinajstić information content (AvgIpc) is 2.82. The van der Waals surface area contributed by atoms with Crippen LogP contribution in [0.25, 0.3) is 6.08 Å². The summed E-state index contributed by atoms with van der Waals surface area (Å²) in [5.74, 6) is 0.880. The minimum absolute atomic E-state index is 0.158. The van der Waals surface area contributed by atoms with Crippen molar-refractivity contribution in [3.05, 3.63) is 92.5 Å². The molecule has 1 amide bonds. The molecular formula is C24H21BrN2O6. The Kier molecular flexibility index (Phi) is 8.04. The summed E-state index contributed by atoms with van der Waals surface area (Å²) in [4.78, 5) is 22.9. The Morgan fingerprint density at radius 2 is 1.79 bits per heavy atom. The number of methoxy groups -OCH3 is 2. The summed E-state index contributed by atoms with van der Waals surface area (Å²) >= 11 is 3.49. The highest BCUT2D eigenvalue weighted by molar-refractivity contribution is 9.10. The normalized spacial score (nSPS) is 10.6. The number of amides is 1. The second-order valence-electron chi connectivity index (χ2n) is 6.77. The maximum atomic E-state index is 12.4. The lowest BCUT2D eigenvalue weighted by Crippen LogP contribution is -2.09. The molecule has 1 N–H and O–H groups in total. The Morgan fingerprint density at radius 3 is 2.45 bits per heavy atom. The first kappa shape index (κ1) is 23.8. The van der Waals surface area contributed by atoms with Gasteiger partial charge in [-0.05, 0) is 51.3 Å². The zero-order chi connectivity index (χ0) is 23.8. The van der Waals surface area contributed by atoms with Gasteiger partial charge in [0.05, 0.1) is 29.3 Å². The van der Waals surface area contributed by atoms with Crippen molar-refractivity contribution in [3.63, 3.8) is 0 Å². The van der Waals surface area contributed by atoms with Crippen LogP contribution in [0.2, 0.25) is 0 Å². The highest BCUT2D eigenvalue weighted by Gasteiger charge is 2.14. The standard InChI is InChI=1S/C24H21BrN2O6/c1-31-21-10-9-18(27(29)30)14-20(21)26-23(28)11-8-17-12-19(25)24(22(13-17)32-2)33-15-16-6-4-3-5-7-16/h3-14H,15H2,1-2H3,(H,26,28). The van der Waals surface area contributed by atoms with Crippen molar-refractivity contribution in [2.75, 3.05) is 19.5 Å². The molecule has 33 heavy (non-hydrogen) atoms. The molecule has 170 valence electrons. The molecule has 0 radical (unpaired) electrons. The van der Waals surface area contributed by atoms with Crippen molar-refractivity contribution in [2.24, 2.45) is 0 Å². The molecule has 0 saturated carbocycles. The van der Waals surface area contributed by atoms with E-state index in [1.54, 1.807) is 18.2 Å². The van der Waals surface area contributed by atoms with Gasteiger partial charge >= 0.3 is 0 Å². The fourth-order valence-corrected chi connectivity index (χ4v) is 3.53. The van der Waals surface area contributed by atoms with Crippen molar-refractivity contribution in [2.45, 2.75) is 6.61 Å². The number of halogens is 1. The number of ether oxygens (including phenoxy) is 3. The number of benzene rings is 3. The molecule has 3 aromatic carbocycles. The van der Waals surface area contributed by atoms with Crippen LogP contribution < -0.4 is 19.5 Å². The van der Waals surface area contributed by atoms with Crippen LogP contribution in [0.15, 0.2) is 71.2 Å². The van der Waals surface area contributed by atoms with Gasteiger partial charge in [-0.3, -0.25) is 14.9 Å². The van der Waals surface area contributed by atoms with Crippen LogP contribution >= 0.6 is 15.9 Å². The maximum absolute atomic E-state index is 12.4. The molecule has 0 spiro atoms. The summed E-state index contributed by atoms with van der Waals surface area (Å²) in [6.45, 7) is 0.373. The number of anilines is 1. The van der Waals surface area contributed by atoms with Crippen LogP contribution in [0, 0.1) is 10.1 Å². The van der Waals surface area contributed by atoms with Gasteiger partial charge in [0, 0.05) is 18.2 Å². The second kappa shape index (κ2) is 11.1. The number of nitrogens with zero attached hydrogens (tertiary/aromatic N) is 1. The van der Waals surface area contributed by atoms with E-state index >= 15 is 0 Å². The van der Waals surface area contributed by atoms with E-state index in [4.69, 9.17) is 14.2 Å². The molecule has 0 aromatic heterocycles. The predicted molar refractivity (Wildman–Crippen MR) is 129 cm³/mol. The number of carbonyl (C=O) groups excluding carboxylic acids is 1. The first-order valence-corrected chi connectivity index (χ1v) is 10.6. The zero-order valence-corrected chi connectivity index (χ0v) is 19.5. The maximum Gasteiger partial charge on any atom is 0.271 e. The summed E-state index contributed by atoms with van der Waals surface area (Å²) in [7, 11) is 2.95. The lowest BCUT2D eigenvalue weighted by molar-refractivity contribution is -0.384. The van der Waals surface area contributed by atoms with Crippen LogP contribution in [0.4, 0.5) is 11.4 Å². The Labute approximate surface area is 199 Å². The molecule has 0 bridgehead atoms. The third-order valence-corrected chi connectivity index (χ3v) is 5.15. The fraction of sp³-hybridized carbons (Fsp3) is 0.125. The van der Waals surface area contributed by atoms with Crippen molar-refractivity contribution >= 4 is 39.3 Å². The molecule has 8 nitrogen and oxygen atoms in total. The molecule has 0 unspecified atom stereocenters. The Balaban J connectivity index is 1.74. The fourth-order valence-electron chi connectivity index (χ4n) is 2.96. The molecule has 0 aliphatic heterocycles. The highest BCUT2D eigenvalue weighted by Crippen LogP contribution is 2.37. The largest absolute Gasteiger partial charge is 0.495 e. The number of rotatable bonds is 9. The summed E-state index contributed by atoms with van der Waals surface area (Å²) in [6, 6.07) is 17.2. The number of hydrogen-bond donors (Lipinski definition) is 1. The van der Waals surface area contributed by atoms with Crippen LogP contribution in [-0.2, 0) is 11.4 Å². The minimum Gasteiger partial charge on any atom is -0.495 e. The van der Waals surface area contributed by atoms with E-state index in [9.17, 15) is 14.9 Å². The van der Waals surface area contributed by atoms with Gasteiger partial charge in [0.15, 0.2) is 11.5 Å². The molecule has 0 heterocycles. The van der Waals surface area contributed by atoms with Crippen LogP contribution in [0.3, 0.4) is 0 Å². The number of nitro benzene ring substituents is 1. The quantitative estimate of drug-likeness (QED) is 0.227. The van der Waals surface area contributed by atoms with Crippen molar-refractivity contribution < 1.29 is 23.9 Å². The average molecular weight is 513 g/mol. The summed E-state index contributed by atoms with van der Waals surface area (Å²) < 4.78 is 17.2. The Morgan fingerprint density at radius 1 is 1.06 bits per heavy atom. The van der Waals surface area contributed by atoms with E-state index in [0.29, 0.717) is 33.9 Å². The Bertz CT molecular complexity index is 1180. The van der Waals surface area contributed by atoms with E-state index in [-0.39, 0.29) is 11.4 Å². The molecule has 0 fully saturated rings. The predicted octanol–water partition coefficient (Wildman–Crippen LogP) is 5.61. The van der Waals surface area contributed by atoms with Crippen molar-refractivity contribution in [1.29, 1.82) is 0 Å². The minimum atomic E-state index is -0.545. The van der Waals surface area contributed by atoms with Crippen LogP contribution in [0.1, 0.15) is 11.1 Å². The molecular weight excluding hydrogens is 492 g/mol. The van der Waals surface area contributed by atoms with Crippen LogP contribution in [0.5, 0.6) is 17.2 Å². The molecule has 0 atom stereocenters. The molecule has 0 aliphatic rings. The first-order chi connectivity index (χ1) is 15.9. The third kappa shape index (κ3) is 6.33. The van der Waals surface area contributed by atoms with Crippen molar-refractivity contribution in [3.8, 4) is 17.2 Å². The van der Waals surface area contributed by atoms with E-state index in [1.165, 1.54) is 38.5 Å². The van der Waals surface area contributed by atoms with E-state index in [0.717, 1.165) is 5.56 Å². The monoisotopic (exact) mass is 512 g/mol. The van der Waals surface area contributed by atoms with E-state index in [2.05, 4.69) is 21.2 Å². The number of hydrogen-bond acceptors (Lipinski definition) is 6. The van der Waals surface area contributed by atoms with Gasteiger partial charge < -0.3 is 19.5 Å². The van der Waals surface area contributed by atoms with Gasteiger partial charge in [-0.2, -0.15) is 0 Å². The zero-order valence-electron chi connectivity index (χ0n) is 17.9. The molecule has 9 heteroatoms. The van der Waals surface area contributed by atoms with Crippen LogP contribution in [-0.4, -0.2) is 25.1 Å². The second-order valence-corrected chi connectivity index (χ2v) is 7.63. The van der Waals surface area contributed by atoms with Gasteiger partial charge in [0.25, 0.3) is 5.69 Å². The molecule has 3 rings (SSSR count). The highest BCUT2D eigenvalue weighted by atomic mass is 79.9. The first-order valence-electron chi connectivity index (χ1n) is 9.77. The lowest BCUT2D eigenvalue weighted by atomic mass is 10.1. The summed E-state index contributed by atoms with van der Waals surface area (Å²) in [6.07, 6.45) is 2.90. The van der Waals surface area contributed by atoms with Gasteiger partial charge in [0.1, 0.15) is 12.4 Å². The van der Waals surface area contributed by atoms with E-state index in [1.807, 2.05) is 30.3 Å². The topological polar surface area (TPSA) is 99.9 Å². The lowest BCUT2D eigenvalue weighted by Gasteiger charge is -2.13. The van der Waals surface area contributed by atoms with Gasteiger partial charge in [-0.1, -0.05) is 30.3 Å². The number of nitro groups is 1. The molecule has 0 aliphatic carbocycles. The van der Waals surface area contributed by atoms with Gasteiger partial charge in [0.2, 0.25) is 5.91 Å². The number of carbonyl (C=O) groups is 1. The summed E-state index contributed by atoms with van der Waals surface area (Å²) in [5.41, 5.74) is 1.75. The third-order valence-electron chi connectivity index (χ3n) is 4.56. The SMILES string of the molecule is COc1ccc([N+](=O)[O-])cc1NC(=O)C=Cc1cc(Br)c(OCc2ccccc2)c(OC)c1. The number of nitrogens with one attached hydrogen (secondary N) is 1. The van der Waals surface area contributed by atoms with Crippen molar-refractivity contribution in [1.82, 2.24) is 0 Å². The summed E-state index contributed by atoms with van der Waals surface area (Å²) in [5, 5.41) is 13.6. The Hall–Kier alpha value is -3.85. The number of non-ortho nitro benzene ring substituents is 1. The molecule has 0 saturated heterocycles. The molecule has 3 aromatic rings. The van der Waals surface area contributed by atoms with E-state index < -0.39 is 10.8 Å².